The number of hydrogen-bond donors (Lipinski definition) is 2. The highest BCUT2D eigenvalue weighted by molar-refractivity contribution is 6.35. The molecule has 0 aromatic carbocycles. The van der Waals surface area contributed by atoms with Gasteiger partial charge in [-0.05, 0) is 6.92 Å². The van der Waals surface area contributed by atoms with Gasteiger partial charge in [0.25, 0.3) is 0 Å². The molecule has 1 heterocycles. The summed E-state index contributed by atoms with van der Waals surface area (Å²) in [5.41, 5.74) is 0. The topological polar surface area (TPSA) is 112 Å². The summed E-state index contributed by atoms with van der Waals surface area (Å²) >= 11 is 0. The number of ether oxygens (including phenoxy) is 1. The van der Waals surface area contributed by atoms with Gasteiger partial charge in [-0.3, -0.25) is 14.4 Å². The van der Waals surface area contributed by atoms with Crippen LogP contribution >= 0.6 is 0 Å². The minimum absolute atomic E-state index is 0.0586. The number of carbonyl (C=O) groups excluding carboxylic acids is 3. The zero-order valence-corrected chi connectivity index (χ0v) is 10.6. The molecule has 1 atom stereocenters. The molecule has 1 fully saturated rings. The number of amides is 3. The monoisotopic (exact) mass is 268 g/mol. The first-order valence-corrected chi connectivity index (χ1v) is 5.93. The van der Waals surface area contributed by atoms with Crippen molar-refractivity contribution in [3.63, 3.8) is 0 Å². The molecule has 1 saturated heterocycles. The lowest BCUT2D eigenvalue weighted by Crippen LogP contribution is -2.58. The van der Waals surface area contributed by atoms with E-state index >= 15 is 0 Å². The third kappa shape index (κ3) is 3.93. The van der Waals surface area contributed by atoms with Crippen molar-refractivity contribution < 1.29 is 19.1 Å². The number of nitrogens with one attached hydrogen (secondary N) is 2. The van der Waals surface area contributed by atoms with Gasteiger partial charge in [0.15, 0.2) is 0 Å². The maximum atomic E-state index is 11.9. The summed E-state index contributed by atoms with van der Waals surface area (Å²) in [6.07, 6.45) is 0. The zero-order valence-electron chi connectivity index (χ0n) is 10.6. The minimum atomic E-state index is -0.891. The predicted molar refractivity (Wildman–Crippen MR) is 63.6 cm³/mol. The Balaban J connectivity index is 2.71. The van der Waals surface area contributed by atoms with Crippen molar-refractivity contribution in [2.45, 2.75) is 13.0 Å². The molecule has 0 radical (unpaired) electrons. The zero-order chi connectivity index (χ0) is 14.3. The molecular weight excluding hydrogens is 252 g/mol. The van der Waals surface area contributed by atoms with E-state index in [9.17, 15) is 14.4 Å². The van der Waals surface area contributed by atoms with Crippen LogP contribution in [0.15, 0.2) is 0 Å². The minimum Gasteiger partial charge on any atom is -0.377 e. The smallest absolute Gasteiger partial charge is 0.312 e. The average molecular weight is 268 g/mol. The first kappa shape index (κ1) is 14.9. The Morgan fingerprint density at radius 1 is 1.42 bits per heavy atom. The van der Waals surface area contributed by atoms with Crippen LogP contribution in [0.25, 0.3) is 0 Å². The lowest BCUT2D eigenvalue weighted by atomic mass is 10.2. The van der Waals surface area contributed by atoms with Crippen LogP contribution in [0.5, 0.6) is 0 Å². The van der Waals surface area contributed by atoms with Gasteiger partial charge in [0.2, 0.25) is 5.91 Å². The molecule has 104 valence electrons. The van der Waals surface area contributed by atoms with Crippen molar-refractivity contribution in [2.75, 3.05) is 32.8 Å². The van der Waals surface area contributed by atoms with E-state index in [1.54, 1.807) is 13.0 Å². The number of carbonyl (C=O) groups is 3. The van der Waals surface area contributed by atoms with Crippen LogP contribution in [0.3, 0.4) is 0 Å². The Morgan fingerprint density at radius 3 is 2.79 bits per heavy atom. The summed E-state index contributed by atoms with van der Waals surface area (Å²) in [5.74, 6) is -2.07. The van der Waals surface area contributed by atoms with Crippen LogP contribution in [0.2, 0.25) is 0 Å². The molecule has 0 aromatic heterocycles. The Bertz CT molecular complexity index is 404. The molecule has 1 aliphatic heterocycles. The molecule has 0 spiro atoms. The molecule has 1 aliphatic rings. The SMILES string of the molecule is CCNC(=O)C1COCCN1C(=O)C(=O)NCC#N. The second-order valence-electron chi connectivity index (χ2n) is 3.82. The van der Waals surface area contributed by atoms with E-state index in [1.165, 1.54) is 4.90 Å². The van der Waals surface area contributed by atoms with Gasteiger partial charge >= 0.3 is 11.8 Å². The highest BCUT2D eigenvalue weighted by atomic mass is 16.5. The molecule has 0 aliphatic carbocycles. The molecule has 0 bridgehead atoms. The summed E-state index contributed by atoms with van der Waals surface area (Å²) in [7, 11) is 0. The molecular formula is C11H16N4O4. The Labute approximate surface area is 110 Å². The van der Waals surface area contributed by atoms with E-state index in [4.69, 9.17) is 10.00 Å². The number of likely N-dealkylation sites (N-methyl/N-ethyl adjacent to an activating group) is 1. The van der Waals surface area contributed by atoms with Gasteiger partial charge in [0.05, 0.1) is 19.3 Å². The van der Waals surface area contributed by atoms with Crippen LogP contribution in [0.4, 0.5) is 0 Å². The molecule has 3 amide bonds. The molecule has 8 heteroatoms. The summed E-state index contributed by atoms with van der Waals surface area (Å²) in [6.45, 7) is 2.43. The van der Waals surface area contributed by atoms with E-state index in [0.717, 1.165) is 0 Å². The van der Waals surface area contributed by atoms with Gasteiger partial charge < -0.3 is 20.3 Å². The second kappa shape index (κ2) is 7.33. The fraction of sp³-hybridized carbons (Fsp3) is 0.636. The molecule has 1 rings (SSSR count). The third-order valence-electron chi connectivity index (χ3n) is 2.57. The van der Waals surface area contributed by atoms with E-state index < -0.39 is 17.9 Å². The van der Waals surface area contributed by atoms with Crippen LogP contribution in [0, 0.1) is 11.3 Å². The number of rotatable bonds is 3. The van der Waals surface area contributed by atoms with Crippen molar-refractivity contribution in [3.8, 4) is 6.07 Å². The maximum absolute atomic E-state index is 11.9. The van der Waals surface area contributed by atoms with Crippen LogP contribution in [-0.4, -0.2) is 61.5 Å². The van der Waals surface area contributed by atoms with Crippen LogP contribution < -0.4 is 10.6 Å². The Hall–Kier alpha value is -2.14. The third-order valence-corrected chi connectivity index (χ3v) is 2.57. The van der Waals surface area contributed by atoms with Crippen molar-refractivity contribution >= 4 is 17.7 Å². The summed E-state index contributed by atoms with van der Waals surface area (Å²) in [5, 5.41) is 13.1. The van der Waals surface area contributed by atoms with Crippen molar-refractivity contribution in [3.05, 3.63) is 0 Å². The number of nitrogens with zero attached hydrogens (tertiary/aromatic N) is 2. The first-order chi connectivity index (χ1) is 9.11. The largest absolute Gasteiger partial charge is 0.377 e. The van der Waals surface area contributed by atoms with Crippen molar-refractivity contribution in [1.29, 1.82) is 5.26 Å². The van der Waals surface area contributed by atoms with E-state index in [1.807, 2.05) is 0 Å². The average Bonchev–Trinajstić information content (AvgIpc) is 2.44. The Morgan fingerprint density at radius 2 is 2.16 bits per heavy atom. The normalized spacial score (nSPS) is 18.3. The van der Waals surface area contributed by atoms with E-state index in [0.29, 0.717) is 6.54 Å². The second-order valence-corrected chi connectivity index (χ2v) is 3.82. The van der Waals surface area contributed by atoms with Gasteiger partial charge in [-0.25, -0.2) is 0 Å². The fourth-order valence-corrected chi connectivity index (χ4v) is 1.68. The summed E-state index contributed by atoms with van der Waals surface area (Å²) < 4.78 is 5.15. The molecule has 0 saturated carbocycles. The summed E-state index contributed by atoms with van der Waals surface area (Å²) in [6, 6.07) is 0.893. The highest BCUT2D eigenvalue weighted by Crippen LogP contribution is 2.07. The molecule has 0 aromatic rings. The first-order valence-electron chi connectivity index (χ1n) is 5.93. The molecule has 1 unspecified atom stereocenters. The predicted octanol–water partition coefficient (Wildman–Crippen LogP) is -2.01. The lowest BCUT2D eigenvalue weighted by Gasteiger charge is -2.33. The van der Waals surface area contributed by atoms with Crippen LogP contribution in [-0.2, 0) is 19.1 Å². The fourth-order valence-electron chi connectivity index (χ4n) is 1.68. The number of nitriles is 1. The quantitative estimate of drug-likeness (QED) is 0.454. The van der Waals surface area contributed by atoms with E-state index in [-0.39, 0.29) is 32.2 Å². The van der Waals surface area contributed by atoms with E-state index in [2.05, 4.69) is 10.6 Å². The van der Waals surface area contributed by atoms with Gasteiger partial charge in [0.1, 0.15) is 12.6 Å². The maximum Gasteiger partial charge on any atom is 0.312 e. The van der Waals surface area contributed by atoms with Gasteiger partial charge in [-0.2, -0.15) is 5.26 Å². The van der Waals surface area contributed by atoms with Gasteiger partial charge in [0, 0.05) is 13.1 Å². The molecule has 19 heavy (non-hydrogen) atoms. The van der Waals surface area contributed by atoms with Crippen molar-refractivity contribution in [1.82, 2.24) is 15.5 Å². The van der Waals surface area contributed by atoms with Gasteiger partial charge in [-0.15, -0.1) is 0 Å². The summed E-state index contributed by atoms with van der Waals surface area (Å²) in [4.78, 5) is 36.3. The Kier molecular flexibility index (Phi) is 5.75. The lowest BCUT2D eigenvalue weighted by molar-refractivity contribution is -0.155. The van der Waals surface area contributed by atoms with Gasteiger partial charge in [-0.1, -0.05) is 0 Å². The molecule has 2 N–H and O–H groups in total. The van der Waals surface area contributed by atoms with Crippen molar-refractivity contribution in [2.24, 2.45) is 0 Å². The standard InChI is InChI=1S/C11H16N4O4/c1-2-13-9(16)8-7-19-6-5-15(8)11(18)10(17)14-4-3-12/h8H,2,4-7H2,1H3,(H,13,16)(H,14,17). The highest BCUT2D eigenvalue weighted by Gasteiger charge is 2.35. The van der Waals surface area contributed by atoms with Crippen LogP contribution in [0.1, 0.15) is 6.92 Å². The number of hydrogen-bond acceptors (Lipinski definition) is 5. The number of morpholine rings is 1. The molecule has 8 nitrogen and oxygen atoms in total.